The molecule has 2 aromatic carbocycles. The number of halogens is 1. The molecular formula is C15H14ClNO3. The molecule has 0 spiro atoms. The van der Waals surface area contributed by atoms with E-state index in [2.05, 4.69) is 0 Å². The summed E-state index contributed by atoms with van der Waals surface area (Å²) in [5.74, 6) is -0.922. The van der Waals surface area contributed by atoms with Crippen LogP contribution in [0.2, 0.25) is 5.02 Å². The average molecular weight is 292 g/mol. The fraction of sp³-hybridized carbons (Fsp3) is 0.0667. The van der Waals surface area contributed by atoms with Crippen LogP contribution in [0.5, 0.6) is 0 Å². The molecule has 0 heterocycles. The molecule has 104 valence electrons. The van der Waals surface area contributed by atoms with E-state index >= 15 is 0 Å². The first-order valence-corrected chi connectivity index (χ1v) is 6.14. The molecular weight excluding hydrogens is 278 g/mol. The van der Waals surface area contributed by atoms with Crippen LogP contribution in [0.15, 0.2) is 48.5 Å². The van der Waals surface area contributed by atoms with Gasteiger partial charge in [0.2, 0.25) is 0 Å². The molecule has 0 fully saturated rings. The highest BCUT2D eigenvalue weighted by Crippen LogP contribution is 2.17. The third-order valence-electron chi connectivity index (χ3n) is 2.31. The second-order valence-corrected chi connectivity index (χ2v) is 4.38. The van der Waals surface area contributed by atoms with Crippen molar-refractivity contribution in [1.29, 1.82) is 0 Å². The largest absolute Gasteiger partial charge is 0.481 e. The van der Waals surface area contributed by atoms with Gasteiger partial charge in [-0.1, -0.05) is 23.7 Å². The van der Waals surface area contributed by atoms with Crippen LogP contribution in [0.25, 0.3) is 0 Å². The molecule has 4 nitrogen and oxygen atoms in total. The lowest BCUT2D eigenvalue weighted by Crippen LogP contribution is -2.04. The zero-order valence-electron chi connectivity index (χ0n) is 10.8. The van der Waals surface area contributed by atoms with E-state index in [0.29, 0.717) is 21.8 Å². The molecule has 2 rings (SSSR count). The van der Waals surface area contributed by atoms with Crippen LogP contribution in [0.4, 0.5) is 5.69 Å². The van der Waals surface area contributed by atoms with Crippen LogP contribution in [0.1, 0.15) is 22.8 Å². The maximum atomic E-state index is 12.1. The fourth-order valence-corrected chi connectivity index (χ4v) is 1.59. The predicted octanol–water partition coefficient (Wildman–Crippen LogP) is 3.24. The Kier molecular flexibility index (Phi) is 5.74. The summed E-state index contributed by atoms with van der Waals surface area (Å²) in [5.41, 5.74) is 7.33. The van der Waals surface area contributed by atoms with Gasteiger partial charge in [0.1, 0.15) is 0 Å². The van der Waals surface area contributed by atoms with E-state index in [-0.39, 0.29) is 5.78 Å². The van der Waals surface area contributed by atoms with Gasteiger partial charge in [-0.3, -0.25) is 9.59 Å². The topological polar surface area (TPSA) is 80.4 Å². The average Bonchev–Trinajstić information content (AvgIpc) is 2.39. The van der Waals surface area contributed by atoms with Gasteiger partial charge >= 0.3 is 0 Å². The lowest BCUT2D eigenvalue weighted by atomic mass is 10.0. The summed E-state index contributed by atoms with van der Waals surface area (Å²) >= 11 is 5.76. The molecule has 0 unspecified atom stereocenters. The first-order chi connectivity index (χ1) is 9.41. The SMILES string of the molecule is CC(=O)O.Nc1ccccc1C(=O)c1ccc(Cl)cc1. The normalized spacial score (nSPS) is 9.30. The number of carboxylic acids is 1. The van der Waals surface area contributed by atoms with Crippen LogP contribution in [0, 0.1) is 0 Å². The summed E-state index contributed by atoms with van der Waals surface area (Å²) in [4.78, 5) is 21.1. The van der Waals surface area contributed by atoms with E-state index in [1.165, 1.54) is 0 Å². The number of hydrogen-bond acceptors (Lipinski definition) is 3. The van der Waals surface area contributed by atoms with E-state index in [1.807, 2.05) is 0 Å². The molecule has 0 radical (unpaired) electrons. The maximum absolute atomic E-state index is 12.1. The van der Waals surface area contributed by atoms with E-state index in [0.717, 1.165) is 6.92 Å². The highest BCUT2D eigenvalue weighted by Gasteiger charge is 2.10. The van der Waals surface area contributed by atoms with Crippen molar-refractivity contribution >= 4 is 29.0 Å². The van der Waals surface area contributed by atoms with Crippen LogP contribution in [-0.2, 0) is 4.79 Å². The number of anilines is 1. The number of carbonyl (C=O) groups is 2. The second kappa shape index (κ2) is 7.31. The number of hydrogen-bond donors (Lipinski definition) is 2. The standard InChI is InChI=1S/C13H10ClNO.C2H4O2/c14-10-7-5-9(6-8-10)13(16)11-3-1-2-4-12(11)15;1-2(3)4/h1-8H,15H2;1H3,(H,3,4). The lowest BCUT2D eigenvalue weighted by molar-refractivity contribution is -0.134. The van der Waals surface area contributed by atoms with Crippen LogP contribution < -0.4 is 5.73 Å². The van der Waals surface area contributed by atoms with Crippen molar-refractivity contribution in [2.45, 2.75) is 6.92 Å². The summed E-state index contributed by atoms with van der Waals surface area (Å²) in [6.45, 7) is 1.08. The third-order valence-corrected chi connectivity index (χ3v) is 2.56. The van der Waals surface area contributed by atoms with Gasteiger partial charge in [-0.2, -0.15) is 0 Å². The van der Waals surface area contributed by atoms with Gasteiger partial charge in [0.15, 0.2) is 5.78 Å². The van der Waals surface area contributed by atoms with Crippen molar-refractivity contribution < 1.29 is 14.7 Å². The van der Waals surface area contributed by atoms with Crippen molar-refractivity contribution in [3.8, 4) is 0 Å². The number of carbonyl (C=O) groups excluding carboxylic acids is 1. The van der Waals surface area contributed by atoms with Crippen LogP contribution >= 0.6 is 11.6 Å². The van der Waals surface area contributed by atoms with Gasteiger partial charge in [-0.15, -0.1) is 0 Å². The fourth-order valence-electron chi connectivity index (χ4n) is 1.46. The zero-order valence-corrected chi connectivity index (χ0v) is 11.6. The monoisotopic (exact) mass is 291 g/mol. The molecule has 0 aromatic heterocycles. The molecule has 0 bridgehead atoms. The maximum Gasteiger partial charge on any atom is 0.300 e. The molecule has 3 N–H and O–H groups in total. The van der Waals surface area contributed by atoms with Gasteiger partial charge in [-0.05, 0) is 36.4 Å². The highest BCUT2D eigenvalue weighted by molar-refractivity contribution is 6.30. The molecule has 0 saturated heterocycles. The minimum atomic E-state index is -0.833. The van der Waals surface area contributed by atoms with Crippen molar-refractivity contribution in [2.75, 3.05) is 5.73 Å². The van der Waals surface area contributed by atoms with Gasteiger partial charge in [0.05, 0.1) is 0 Å². The summed E-state index contributed by atoms with van der Waals surface area (Å²) < 4.78 is 0. The lowest BCUT2D eigenvalue weighted by Gasteiger charge is -2.04. The van der Waals surface area contributed by atoms with Gasteiger partial charge in [-0.25, -0.2) is 0 Å². The summed E-state index contributed by atoms with van der Waals surface area (Å²) in [7, 11) is 0. The van der Waals surface area contributed by atoms with E-state index in [1.54, 1.807) is 48.5 Å². The predicted molar refractivity (Wildman–Crippen MR) is 79.0 cm³/mol. The first-order valence-electron chi connectivity index (χ1n) is 5.76. The number of rotatable bonds is 2. The minimum absolute atomic E-state index is 0.0882. The smallest absolute Gasteiger partial charge is 0.300 e. The molecule has 0 aliphatic carbocycles. The summed E-state index contributed by atoms with van der Waals surface area (Å²) in [6, 6.07) is 13.8. The Morgan fingerprint density at radius 2 is 1.55 bits per heavy atom. The molecule has 2 aromatic rings. The van der Waals surface area contributed by atoms with Gasteiger partial charge in [0, 0.05) is 28.8 Å². The van der Waals surface area contributed by atoms with E-state index in [4.69, 9.17) is 27.2 Å². The Bertz CT molecular complexity index is 605. The van der Waals surface area contributed by atoms with Gasteiger partial charge in [0.25, 0.3) is 5.97 Å². The Hall–Kier alpha value is -2.33. The van der Waals surface area contributed by atoms with E-state index in [9.17, 15) is 4.79 Å². The molecule has 0 aliphatic heterocycles. The molecule has 0 saturated carbocycles. The Balaban J connectivity index is 0.000000444. The Morgan fingerprint density at radius 3 is 2.05 bits per heavy atom. The van der Waals surface area contributed by atoms with Gasteiger partial charge < -0.3 is 10.8 Å². The number of aliphatic carboxylic acids is 1. The number of benzene rings is 2. The van der Waals surface area contributed by atoms with Crippen molar-refractivity contribution in [3.05, 3.63) is 64.7 Å². The summed E-state index contributed by atoms with van der Waals surface area (Å²) in [5, 5.41) is 8.03. The molecule has 20 heavy (non-hydrogen) atoms. The molecule has 0 aliphatic rings. The third kappa shape index (κ3) is 4.74. The van der Waals surface area contributed by atoms with Crippen molar-refractivity contribution in [1.82, 2.24) is 0 Å². The molecule has 5 heteroatoms. The van der Waals surface area contributed by atoms with E-state index < -0.39 is 5.97 Å². The van der Waals surface area contributed by atoms with Crippen LogP contribution in [0.3, 0.4) is 0 Å². The highest BCUT2D eigenvalue weighted by atomic mass is 35.5. The molecule has 0 amide bonds. The molecule has 0 atom stereocenters. The number of nitrogens with two attached hydrogens (primary N) is 1. The number of carboxylic acid groups (broad SMARTS) is 1. The zero-order chi connectivity index (χ0) is 15.1. The number of nitrogen functional groups attached to an aromatic ring is 1. The van der Waals surface area contributed by atoms with Crippen LogP contribution in [-0.4, -0.2) is 16.9 Å². The van der Waals surface area contributed by atoms with Crippen molar-refractivity contribution in [2.24, 2.45) is 0 Å². The number of para-hydroxylation sites is 1. The minimum Gasteiger partial charge on any atom is -0.481 e. The summed E-state index contributed by atoms with van der Waals surface area (Å²) in [6.07, 6.45) is 0. The Labute approximate surface area is 121 Å². The van der Waals surface area contributed by atoms with Crippen molar-refractivity contribution in [3.63, 3.8) is 0 Å². The number of ketones is 1. The Morgan fingerprint density at radius 1 is 1.05 bits per heavy atom. The quantitative estimate of drug-likeness (QED) is 0.657. The first kappa shape index (κ1) is 15.7. The second-order valence-electron chi connectivity index (χ2n) is 3.94.